The summed E-state index contributed by atoms with van der Waals surface area (Å²) in [6.07, 6.45) is 0. The fraction of sp³-hybridized carbons (Fsp3) is 0.107. The van der Waals surface area contributed by atoms with Crippen LogP contribution in [0.2, 0.25) is 0 Å². The van der Waals surface area contributed by atoms with Gasteiger partial charge in [-0.1, -0.05) is 66.7 Å². The Hall–Kier alpha value is -4.09. The molecule has 0 unspecified atom stereocenters. The molecule has 5 nitrogen and oxygen atoms in total. The van der Waals surface area contributed by atoms with Crippen molar-refractivity contribution in [3.8, 4) is 0 Å². The number of hydrogen-bond acceptors (Lipinski definition) is 2. The molecule has 5 heteroatoms. The van der Waals surface area contributed by atoms with Crippen LogP contribution in [0.1, 0.15) is 21.5 Å². The number of H-pyrrole nitrogens is 1. The molecular formula is C28H21N3O2. The van der Waals surface area contributed by atoms with E-state index in [1.807, 2.05) is 30.3 Å². The summed E-state index contributed by atoms with van der Waals surface area (Å²) < 4.78 is 8.45. The molecule has 0 atom stereocenters. The van der Waals surface area contributed by atoms with E-state index in [0.29, 0.717) is 19.9 Å². The van der Waals surface area contributed by atoms with Gasteiger partial charge in [-0.05, 0) is 23.3 Å². The molecule has 4 aromatic carbocycles. The summed E-state index contributed by atoms with van der Waals surface area (Å²) in [5.74, 6) is -0.00110. The highest BCUT2D eigenvalue weighted by Gasteiger charge is 2.30. The molecule has 2 N–H and O–H groups in total. The fourth-order valence-electron chi connectivity index (χ4n) is 5.37. The quantitative estimate of drug-likeness (QED) is 0.368. The Balaban J connectivity index is 1.54. The Kier molecular flexibility index (Phi) is 3.89. The van der Waals surface area contributed by atoms with Crippen molar-refractivity contribution >= 4 is 49.5 Å². The van der Waals surface area contributed by atoms with Crippen molar-refractivity contribution in [2.75, 3.05) is 0 Å². The van der Waals surface area contributed by atoms with Crippen molar-refractivity contribution < 1.29 is 9.53 Å². The van der Waals surface area contributed by atoms with Crippen LogP contribution in [0, 0.1) is 0 Å². The normalized spacial score (nSPS) is 13.4. The number of amides is 1. The van der Waals surface area contributed by atoms with Gasteiger partial charge in [-0.25, -0.2) is 0 Å². The zero-order valence-corrected chi connectivity index (χ0v) is 17.9. The van der Waals surface area contributed by atoms with Crippen LogP contribution in [0.25, 0.3) is 43.6 Å². The first-order chi connectivity index (χ1) is 16.3. The lowest BCUT2D eigenvalue weighted by Gasteiger charge is -2.11. The summed E-state index contributed by atoms with van der Waals surface area (Å²) >= 11 is 0. The van der Waals surface area contributed by atoms with Crippen molar-refractivity contribution in [1.82, 2.24) is 14.9 Å². The Morgan fingerprint density at radius 2 is 1.61 bits per heavy atom. The zero-order valence-electron chi connectivity index (χ0n) is 17.9. The highest BCUT2D eigenvalue weighted by Crippen LogP contribution is 2.43. The molecule has 0 saturated heterocycles. The number of para-hydroxylation sites is 2. The number of rotatable bonds is 4. The van der Waals surface area contributed by atoms with E-state index in [4.69, 9.17) is 4.74 Å². The van der Waals surface area contributed by atoms with Gasteiger partial charge < -0.3 is 19.6 Å². The molecule has 1 aliphatic heterocycles. The first-order valence-electron chi connectivity index (χ1n) is 11.2. The monoisotopic (exact) mass is 431 g/mol. The third-order valence-electron chi connectivity index (χ3n) is 6.75. The number of fused-ring (bicyclic) bond motifs is 10. The number of aromatic nitrogens is 2. The molecule has 1 aliphatic rings. The number of aromatic amines is 1. The second-order valence-corrected chi connectivity index (χ2v) is 8.59. The van der Waals surface area contributed by atoms with Crippen LogP contribution in [-0.2, 0) is 24.6 Å². The molecule has 0 bridgehead atoms. The lowest BCUT2D eigenvalue weighted by Crippen LogP contribution is -2.12. The van der Waals surface area contributed by atoms with E-state index in [-0.39, 0.29) is 5.91 Å². The molecule has 6 aromatic rings. The second kappa shape index (κ2) is 6.95. The van der Waals surface area contributed by atoms with Gasteiger partial charge >= 0.3 is 0 Å². The van der Waals surface area contributed by atoms with E-state index in [2.05, 4.69) is 63.4 Å². The van der Waals surface area contributed by atoms with Crippen molar-refractivity contribution in [2.24, 2.45) is 0 Å². The maximum atomic E-state index is 13.0. The molecule has 33 heavy (non-hydrogen) atoms. The number of nitrogens with zero attached hydrogens (tertiary/aromatic N) is 1. The van der Waals surface area contributed by atoms with Crippen LogP contribution in [0.5, 0.6) is 0 Å². The first-order valence-corrected chi connectivity index (χ1v) is 11.2. The predicted molar refractivity (Wildman–Crippen MR) is 131 cm³/mol. The Labute approximate surface area is 189 Å². The number of nitrogens with one attached hydrogen (secondary N) is 2. The van der Waals surface area contributed by atoms with Crippen LogP contribution in [0.15, 0.2) is 78.9 Å². The van der Waals surface area contributed by atoms with E-state index < -0.39 is 0 Å². The van der Waals surface area contributed by atoms with E-state index in [0.717, 1.165) is 60.3 Å². The molecule has 1 amide bonds. The highest BCUT2D eigenvalue weighted by atomic mass is 16.5. The van der Waals surface area contributed by atoms with Crippen LogP contribution in [0.3, 0.4) is 0 Å². The summed E-state index contributed by atoms with van der Waals surface area (Å²) in [4.78, 5) is 16.6. The van der Waals surface area contributed by atoms with E-state index in [9.17, 15) is 4.79 Å². The minimum Gasteiger partial charge on any atom is -0.356 e. The SMILES string of the molecule is O=C1NCc2c1c1c3ccccc3[nH]c1c1c2c2ccccc2n1COCc1ccccc1. The Morgan fingerprint density at radius 1 is 0.848 bits per heavy atom. The molecule has 3 heterocycles. The average Bonchev–Trinajstić information content (AvgIpc) is 3.52. The molecule has 0 radical (unpaired) electrons. The maximum Gasteiger partial charge on any atom is 0.252 e. The summed E-state index contributed by atoms with van der Waals surface area (Å²) in [5, 5.41) is 7.41. The molecule has 0 saturated carbocycles. The highest BCUT2D eigenvalue weighted by molar-refractivity contribution is 6.30. The minimum atomic E-state index is -0.00110. The predicted octanol–water partition coefficient (Wildman–Crippen LogP) is 5.85. The number of carbonyl (C=O) groups is 1. The largest absolute Gasteiger partial charge is 0.356 e. The van der Waals surface area contributed by atoms with Gasteiger partial charge in [-0.15, -0.1) is 0 Å². The fourth-order valence-corrected chi connectivity index (χ4v) is 5.37. The molecule has 0 aliphatic carbocycles. The standard InChI is InChI=1S/C28H21N3O2/c32-28-25-20(14-29-28)23-19-11-5-7-13-22(19)31(16-33-15-17-8-2-1-3-9-17)27(23)26-24(25)18-10-4-6-12-21(18)30-26/h1-13,30H,14-16H2,(H,29,32). The van der Waals surface area contributed by atoms with E-state index in [1.165, 1.54) is 0 Å². The van der Waals surface area contributed by atoms with E-state index in [1.54, 1.807) is 0 Å². The summed E-state index contributed by atoms with van der Waals surface area (Å²) in [6, 6.07) is 26.8. The van der Waals surface area contributed by atoms with Crippen LogP contribution < -0.4 is 5.32 Å². The second-order valence-electron chi connectivity index (χ2n) is 8.59. The summed E-state index contributed by atoms with van der Waals surface area (Å²) in [7, 11) is 0. The van der Waals surface area contributed by atoms with Crippen molar-refractivity contribution in [3.05, 3.63) is 95.6 Å². The molecule has 7 rings (SSSR count). The van der Waals surface area contributed by atoms with Crippen LogP contribution in [0.4, 0.5) is 0 Å². The molecule has 160 valence electrons. The minimum absolute atomic E-state index is 0.00110. The molecule has 0 fully saturated rings. The van der Waals surface area contributed by atoms with Crippen molar-refractivity contribution in [3.63, 3.8) is 0 Å². The first kappa shape index (κ1) is 18.5. The third-order valence-corrected chi connectivity index (χ3v) is 6.75. The number of hydrogen-bond donors (Lipinski definition) is 2. The molecule has 2 aromatic heterocycles. The average molecular weight is 431 g/mol. The van der Waals surface area contributed by atoms with E-state index >= 15 is 0 Å². The van der Waals surface area contributed by atoms with Gasteiger partial charge in [-0.3, -0.25) is 4.79 Å². The van der Waals surface area contributed by atoms with Gasteiger partial charge in [0, 0.05) is 33.6 Å². The lowest BCUT2D eigenvalue weighted by atomic mass is 9.97. The summed E-state index contributed by atoms with van der Waals surface area (Å²) in [6.45, 7) is 1.50. The Morgan fingerprint density at radius 3 is 2.48 bits per heavy atom. The topological polar surface area (TPSA) is 59.0 Å². The van der Waals surface area contributed by atoms with Crippen LogP contribution in [-0.4, -0.2) is 15.5 Å². The zero-order chi connectivity index (χ0) is 21.9. The van der Waals surface area contributed by atoms with Gasteiger partial charge in [0.2, 0.25) is 0 Å². The number of carbonyl (C=O) groups excluding carboxylic acids is 1. The van der Waals surface area contributed by atoms with Crippen molar-refractivity contribution in [1.29, 1.82) is 0 Å². The smallest absolute Gasteiger partial charge is 0.252 e. The summed E-state index contributed by atoms with van der Waals surface area (Å²) in [5.41, 5.74) is 7.22. The molecular weight excluding hydrogens is 410 g/mol. The van der Waals surface area contributed by atoms with Gasteiger partial charge in [0.05, 0.1) is 28.7 Å². The third kappa shape index (κ3) is 2.60. The van der Waals surface area contributed by atoms with Gasteiger partial charge in [0.1, 0.15) is 6.73 Å². The molecule has 0 spiro atoms. The van der Waals surface area contributed by atoms with Crippen molar-refractivity contribution in [2.45, 2.75) is 19.9 Å². The van der Waals surface area contributed by atoms with Gasteiger partial charge in [0.25, 0.3) is 5.91 Å². The Bertz CT molecular complexity index is 1710. The van der Waals surface area contributed by atoms with Gasteiger partial charge in [-0.2, -0.15) is 0 Å². The lowest BCUT2D eigenvalue weighted by molar-refractivity contribution is 0.0693. The van der Waals surface area contributed by atoms with Crippen LogP contribution >= 0.6 is 0 Å². The van der Waals surface area contributed by atoms with Gasteiger partial charge in [0.15, 0.2) is 0 Å². The number of benzene rings is 4. The maximum absolute atomic E-state index is 13.0. The number of ether oxygens (including phenoxy) is 1.